The first-order valence-electron chi connectivity index (χ1n) is 12.5. The lowest BCUT2D eigenvalue weighted by Gasteiger charge is -2.39. The highest BCUT2D eigenvalue weighted by atomic mass is 35.5. The standard InChI is InChI=1S/C27H28ClNO11/c1-29-7-6-12(16(32)10-29)19-18(39-27-23(35)21(33)22(34)25(40-27)26(36)37)9-15(31)20-14(30)8-17(38-24(19)20)11-4-2-3-5-13(11)28/h2-5,8-9,12,16,21-23,25,27,31-35H,6-7,10H2,1H3,(H,36,37)/t12-,16+,21-,22-,23+,25-,27?/m0/s1. The summed E-state index contributed by atoms with van der Waals surface area (Å²) >= 11 is 6.34. The molecule has 3 aromatic rings. The number of likely N-dealkylation sites (N-methyl/N-ethyl adjacent to an activating group) is 1. The van der Waals surface area contributed by atoms with Crippen LogP contribution in [0.1, 0.15) is 17.9 Å². The summed E-state index contributed by atoms with van der Waals surface area (Å²) in [4.78, 5) is 26.8. The predicted octanol–water partition coefficient (Wildman–Crippen LogP) is 0.870. The molecule has 2 aromatic carbocycles. The number of β-amino-alcohol motifs (C(OH)–C–C–N with tert-alkyl or cyclic N) is 1. The number of aliphatic carboxylic acids is 1. The average molecular weight is 578 g/mol. The molecule has 40 heavy (non-hydrogen) atoms. The summed E-state index contributed by atoms with van der Waals surface area (Å²) in [6.07, 6.45) is -10.1. The molecular weight excluding hydrogens is 550 g/mol. The third kappa shape index (κ3) is 5.03. The zero-order valence-corrected chi connectivity index (χ0v) is 21.9. The number of benzene rings is 2. The number of aromatic hydroxyl groups is 1. The lowest BCUT2D eigenvalue weighted by molar-refractivity contribution is -0.271. The van der Waals surface area contributed by atoms with Gasteiger partial charge in [0.2, 0.25) is 6.29 Å². The van der Waals surface area contributed by atoms with E-state index in [9.17, 15) is 40.2 Å². The lowest BCUT2D eigenvalue weighted by atomic mass is 9.85. The van der Waals surface area contributed by atoms with Gasteiger partial charge < -0.3 is 49.4 Å². The zero-order chi connectivity index (χ0) is 28.9. The summed E-state index contributed by atoms with van der Waals surface area (Å²) < 4.78 is 17.3. The molecule has 0 spiro atoms. The maximum atomic E-state index is 13.3. The van der Waals surface area contributed by atoms with Crippen LogP contribution in [0, 0.1) is 0 Å². The Kier molecular flexibility index (Phi) is 7.77. The van der Waals surface area contributed by atoms with Gasteiger partial charge in [-0.25, -0.2) is 4.79 Å². The van der Waals surface area contributed by atoms with E-state index >= 15 is 0 Å². The van der Waals surface area contributed by atoms with Crippen LogP contribution in [0.5, 0.6) is 11.5 Å². The molecule has 3 heterocycles. The summed E-state index contributed by atoms with van der Waals surface area (Å²) in [5.41, 5.74) is -0.131. The lowest BCUT2D eigenvalue weighted by Crippen LogP contribution is -2.61. The number of aliphatic hydroxyl groups is 4. The van der Waals surface area contributed by atoms with Gasteiger partial charge in [-0.3, -0.25) is 4.79 Å². The van der Waals surface area contributed by atoms with Crippen LogP contribution >= 0.6 is 11.6 Å². The second-order valence-electron chi connectivity index (χ2n) is 10.0. The van der Waals surface area contributed by atoms with Gasteiger partial charge in [-0.15, -0.1) is 0 Å². The number of likely N-dealkylation sites (tertiary alicyclic amines) is 1. The Labute approximate surface area is 232 Å². The van der Waals surface area contributed by atoms with Gasteiger partial charge in [0.15, 0.2) is 11.5 Å². The second-order valence-corrected chi connectivity index (χ2v) is 10.5. The number of carboxylic acid groups (broad SMARTS) is 1. The highest BCUT2D eigenvalue weighted by Gasteiger charge is 2.48. The summed E-state index contributed by atoms with van der Waals surface area (Å²) in [6.45, 7) is 0.808. The normalized spacial score (nSPS) is 29.4. The van der Waals surface area contributed by atoms with Crippen molar-refractivity contribution in [1.29, 1.82) is 0 Å². The van der Waals surface area contributed by atoms with Crippen LogP contribution in [0.15, 0.2) is 45.6 Å². The van der Waals surface area contributed by atoms with Gasteiger partial charge in [0, 0.05) is 35.7 Å². The first-order valence-corrected chi connectivity index (χ1v) is 12.9. The minimum atomic E-state index is -1.94. The molecule has 12 nitrogen and oxygen atoms in total. The highest BCUT2D eigenvalue weighted by Crippen LogP contribution is 2.44. The first-order chi connectivity index (χ1) is 19.0. The fourth-order valence-electron chi connectivity index (χ4n) is 5.26. The number of aliphatic hydroxyl groups excluding tert-OH is 4. The summed E-state index contributed by atoms with van der Waals surface area (Å²) in [7, 11) is 1.83. The van der Waals surface area contributed by atoms with Crippen molar-refractivity contribution in [3.05, 3.63) is 57.2 Å². The largest absolute Gasteiger partial charge is 0.507 e. The Morgan fingerprint density at radius 2 is 1.82 bits per heavy atom. The Bertz CT molecular complexity index is 1490. The Balaban J connectivity index is 1.71. The summed E-state index contributed by atoms with van der Waals surface area (Å²) in [5.74, 6) is -2.94. The maximum absolute atomic E-state index is 13.3. The van der Waals surface area contributed by atoms with E-state index in [-0.39, 0.29) is 34.6 Å². The van der Waals surface area contributed by atoms with Crippen molar-refractivity contribution in [2.75, 3.05) is 20.1 Å². The fraction of sp³-hybridized carbons (Fsp3) is 0.407. The third-order valence-electron chi connectivity index (χ3n) is 7.33. The Hall–Kier alpha value is -3.23. The average Bonchev–Trinajstić information content (AvgIpc) is 2.89. The number of ether oxygens (including phenoxy) is 2. The van der Waals surface area contributed by atoms with Gasteiger partial charge >= 0.3 is 5.97 Å². The topological polar surface area (TPSA) is 190 Å². The number of phenolic OH excluding ortho intramolecular Hbond substituents is 1. The van der Waals surface area contributed by atoms with Gasteiger partial charge in [0.25, 0.3) is 0 Å². The van der Waals surface area contributed by atoms with Crippen molar-refractivity contribution in [1.82, 2.24) is 4.90 Å². The molecule has 2 aliphatic rings. The van der Waals surface area contributed by atoms with Gasteiger partial charge in [0.05, 0.1) is 11.1 Å². The molecule has 13 heteroatoms. The second kappa shape index (κ2) is 11.0. The molecule has 1 unspecified atom stereocenters. The smallest absolute Gasteiger partial charge is 0.335 e. The molecule has 5 rings (SSSR count). The molecule has 0 bridgehead atoms. The van der Waals surface area contributed by atoms with Crippen LogP contribution in [0.3, 0.4) is 0 Å². The number of hydrogen-bond acceptors (Lipinski definition) is 11. The van der Waals surface area contributed by atoms with Gasteiger partial charge in [0.1, 0.15) is 46.5 Å². The van der Waals surface area contributed by atoms with E-state index in [2.05, 4.69) is 0 Å². The van der Waals surface area contributed by atoms with Crippen molar-refractivity contribution in [3.8, 4) is 22.8 Å². The van der Waals surface area contributed by atoms with E-state index in [0.717, 1.165) is 6.07 Å². The van der Waals surface area contributed by atoms with Crippen molar-refractivity contribution < 1.29 is 49.3 Å². The van der Waals surface area contributed by atoms with Crippen molar-refractivity contribution in [2.45, 2.75) is 49.1 Å². The third-order valence-corrected chi connectivity index (χ3v) is 7.66. The monoisotopic (exact) mass is 577 g/mol. The Morgan fingerprint density at radius 1 is 1.10 bits per heavy atom. The summed E-state index contributed by atoms with van der Waals surface area (Å²) in [5, 5.41) is 62.3. The van der Waals surface area contributed by atoms with Crippen LogP contribution < -0.4 is 10.2 Å². The van der Waals surface area contributed by atoms with E-state index in [0.29, 0.717) is 23.6 Å². The SMILES string of the molecule is CN1CC[C@H](c2c(OC3O[C@H](C(=O)O)[C@@H](O)[C@H](O)[C@H]3O)cc(O)c3c(=O)cc(-c4ccccc4Cl)oc23)[C@H](O)C1. The van der Waals surface area contributed by atoms with E-state index < -0.39 is 59.9 Å². The molecule has 0 aliphatic carbocycles. The number of rotatable bonds is 5. The number of nitrogens with zero attached hydrogens (tertiary/aromatic N) is 1. The number of hydrogen-bond donors (Lipinski definition) is 6. The fourth-order valence-corrected chi connectivity index (χ4v) is 5.48. The van der Waals surface area contributed by atoms with Crippen LogP contribution in [-0.4, -0.2) is 98.5 Å². The molecule has 7 atom stereocenters. The number of fused-ring (bicyclic) bond motifs is 1. The van der Waals surface area contributed by atoms with Crippen molar-refractivity contribution in [2.24, 2.45) is 0 Å². The van der Waals surface area contributed by atoms with E-state index in [1.165, 1.54) is 6.07 Å². The van der Waals surface area contributed by atoms with E-state index in [1.807, 2.05) is 11.9 Å². The number of piperidine rings is 1. The van der Waals surface area contributed by atoms with Crippen LogP contribution in [0.2, 0.25) is 5.02 Å². The van der Waals surface area contributed by atoms with Gasteiger partial charge in [-0.1, -0.05) is 23.7 Å². The maximum Gasteiger partial charge on any atom is 0.335 e. The van der Waals surface area contributed by atoms with Crippen molar-refractivity contribution in [3.63, 3.8) is 0 Å². The predicted molar refractivity (Wildman–Crippen MR) is 140 cm³/mol. The highest BCUT2D eigenvalue weighted by molar-refractivity contribution is 6.33. The molecule has 2 fully saturated rings. The number of carbonyl (C=O) groups is 1. The molecule has 0 radical (unpaired) electrons. The first kappa shape index (κ1) is 28.3. The molecule has 0 amide bonds. The van der Waals surface area contributed by atoms with Crippen molar-refractivity contribution >= 4 is 28.5 Å². The number of carboxylic acids is 1. The molecular formula is C27H28ClNO11. The summed E-state index contributed by atoms with van der Waals surface area (Å²) in [6, 6.07) is 8.92. The number of phenols is 1. The molecule has 1 aromatic heterocycles. The van der Waals surface area contributed by atoms with E-state index in [4.69, 9.17) is 25.5 Å². The molecule has 2 aliphatic heterocycles. The van der Waals surface area contributed by atoms with Crippen LogP contribution in [0.4, 0.5) is 0 Å². The molecule has 214 valence electrons. The van der Waals surface area contributed by atoms with Crippen LogP contribution in [0.25, 0.3) is 22.3 Å². The number of halogens is 1. The molecule has 0 saturated carbocycles. The minimum Gasteiger partial charge on any atom is -0.507 e. The molecule has 6 N–H and O–H groups in total. The van der Waals surface area contributed by atoms with Crippen LogP contribution in [-0.2, 0) is 9.53 Å². The Morgan fingerprint density at radius 3 is 2.50 bits per heavy atom. The quantitative estimate of drug-likeness (QED) is 0.251. The minimum absolute atomic E-state index is 0.0850. The van der Waals surface area contributed by atoms with E-state index in [1.54, 1.807) is 24.3 Å². The molecule has 2 saturated heterocycles. The van der Waals surface area contributed by atoms with Gasteiger partial charge in [-0.2, -0.15) is 0 Å². The van der Waals surface area contributed by atoms with Gasteiger partial charge in [-0.05, 0) is 32.1 Å². The zero-order valence-electron chi connectivity index (χ0n) is 21.2.